The van der Waals surface area contributed by atoms with E-state index in [4.69, 9.17) is 0 Å². The van der Waals surface area contributed by atoms with Crippen LogP contribution in [0.25, 0.3) is 22.0 Å². The first-order chi connectivity index (χ1) is 20.3. The highest BCUT2D eigenvalue weighted by atomic mass is 19.4. The van der Waals surface area contributed by atoms with E-state index >= 15 is 4.39 Å². The SMILES string of the molecule is O=c1[nH]ncc(NC(CCCn2ccc3cc(-c4ccc(C(F)F)cn4)c(F)c(F)c3c2=O)COC(F)F)c1C(F)(F)F. The fraction of sp³-hybridized carbons (Fsp3) is 0.308. The number of aromatic amines is 1. The Morgan fingerprint density at radius 3 is 2.40 bits per heavy atom. The van der Waals surface area contributed by atoms with Crippen molar-refractivity contribution in [2.75, 3.05) is 11.9 Å². The van der Waals surface area contributed by atoms with Crippen LogP contribution in [0.2, 0.25) is 0 Å². The Hall–Kier alpha value is -4.41. The average Bonchev–Trinajstić information content (AvgIpc) is 2.93. The monoisotopic (exact) mass is 621 g/mol. The number of H-pyrrole nitrogens is 1. The molecule has 2 N–H and O–H groups in total. The van der Waals surface area contributed by atoms with Gasteiger partial charge in [-0.2, -0.15) is 27.1 Å². The third kappa shape index (κ3) is 7.15. The lowest BCUT2D eigenvalue weighted by molar-refractivity contribution is -0.138. The van der Waals surface area contributed by atoms with E-state index in [-0.39, 0.29) is 36.0 Å². The fourth-order valence-corrected chi connectivity index (χ4v) is 4.34. The molecular weight excluding hydrogens is 601 g/mol. The van der Waals surface area contributed by atoms with E-state index in [2.05, 4.69) is 20.1 Å². The van der Waals surface area contributed by atoms with Crippen LogP contribution in [0.15, 0.2) is 52.4 Å². The molecule has 1 aromatic carbocycles. The lowest BCUT2D eigenvalue weighted by Gasteiger charge is -2.22. The standard InChI is InChI=1S/C26H20F9N5O3/c27-20-15(16-4-3-13(9-36-16)22(29)30)8-12-5-7-40(24(42)18(12)21(20)28)6-1-2-14(11-43-25(31)32)38-17-10-37-39-23(41)19(17)26(33,34)35/h3-5,7-10,14,22,25H,1-2,6,11H2,(H2,38,39,41). The molecule has 0 saturated carbocycles. The van der Waals surface area contributed by atoms with E-state index in [0.29, 0.717) is 6.20 Å². The summed E-state index contributed by atoms with van der Waals surface area (Å²) in [7, 11) is 0. The summed E-state index contributed by atoms with van der Waals surface area (Å²) < 4.78 is 126. The van der Waals surface area contributed by atoms with Gasteiger partial charge >= 0.3 is 12.8 Å². The molecule has 0 amide bonds. The highest BCUT2D eigenvalue weighted by molar-refractivity contribution is 5.87. The van der Waals surface area contributed by atoms with Gasteiger partial charge in [0.05, 0.1) is 29.6 Å². The van der Waals surface area contributed by atoms with Crippen LogP contribution in [0.1, 0.15) is 30.4 Å². The van der Waals surface area contributed by atoms with Crippen molar-refractivity contribution in [1.82, 2.24) is 19.7 Å². The molecule has 3 heterocycles. The highest BCUT2D eigenvalue weighted by Crippen LogP contribution is 2.32. The predicted octanol–water partition coefficient (Wildman–Crippen LogP) is 5.88. The molecule has 230 valence electrons. The minimum atomic E-state index is -5.10. The van der Waals surface area contributed by atoms with Crippen LogP contribution in [-0.4, -0.2) is 39.0 Å². The molecule has 0 radical (unpaired) electrons. The average molecular weight is 621 g/mol. The maximum absolute atomic E-state index is 15.1. The molecular formula is C26H20F9N5O3. The van der Waals surface area contributed by atoms with Crippen LogP contribution < -0.4 is 16.4 Å². The number of aromatic nitrogens is 4. The van der Waals surface area contributed by atoms with Crippen LogP contribution in [0.4, 0.5) is 45.2 Å². The zero-order valence-corrected chi connectivity index (χ0v) is 21.6. The maximum Gasteiger partial charge on any atom is 0.423 e. The molecule has 4 aromatic rings. The number of rotatable bonds is 11. The normalized spacial score (nSPS) is 12.8. The zero-order chi connectivity index (χ0) is 31.5. The lowest BCUT2D eigenvalue weighted by Crippen LogP contribution is -2.32. The summed E-state index contributed by atoms with van der Waals surface area (Å²) >= 11 is 0. The minimum absolute atomic E-state index is 0.0266. The molecule has 1 atom stereocenters. The number of nitrogens with one attached hydrogen (secondary N) is 2. The molecule has 8 nitrogen and oxygen atoms in total. The van der Waals surface area contributed by atoms with Gasteiger partial charge in [-0.05, 0) is 42.5 Å². The first-order valence-electron chi connectivity index (χ1n) is 12.3. The van der Waals surface area contributed by atoms with Crippen molar-refractivity contribution in [3.05, 3.63) is 86.3 Å². The Kier molecular flexibility index (Phi) is 9.42. The predicted molar refractivity (Wildman–Crippen MR) is 135 cm³/mol. The van der Waals surface area contributed by atoms with Crippen molar-refractivity contribution >= 4 is 16.5 Å². The molecule has 17 heteroatoms. The number of hydrogen-bond donors (Lipinski definition) is 2. The van der Waals surface area contributed by atoms with Crippen LogP contribution in [-0.2, 0) is 17.5 Å². The second-order valence-electron chi connectivity index (χ2n) is 9.17. The molecule has 0 fully saturated rings. The summed E-state index contributed by atoms with van der Waals surface area (Å²) in [5, 5.41) is 6.60. The molecule has 1 unspecified atom stereocenters. The van der Waals surface area contributed by atoms with Gasteiger partial charge in [-0.1, -0.05) is 0 Å². The number of anilines is 1. The first kappa shape index (κ1) is 31.5. The molecule has 0 bridgehead atoms. The number of halogens is 9. The number of aryl methyl sites for hydroxylation is 1. The van der Waals surface area contributed by atoms with Crippen LogP contribution in [0.5, 0.6) is 0 Å². The first-order valence-corrected chi connectivity index (χ1v) is 12.3. The van der Waals surface area contributed by atoms with Gasteiger partial charge in [0.1, 0.15) is 5.56 Å². The number of fused-ring (bicyclic) bond motifs is 1. The Labute approximate surface area is 235 Å². The van der Waals surface area contributed by atoms with Crippen LogP contribution in [0.3, 0.4) is 0 Å². The van der Waals surface area contributed by atoms with Crippen LogP contribution >= 0.6 is 0 Å². The largest absolute Gasteiger partial charge is 0.423 e. The van der Waals surface area contributed by atoms with E-state index in [1.54, 1.807) is 5.10 Å². The van der Waals surface area contributed by atoms with Gasteiger partial charge < -0.3 is 14.6 Å². The van der Waals surface area contributed by atoms with Crippen molar-refractivity contribution in [3.63, 3.8) is 0 Å². The van der Waals surface area contributed by atoms with Gasteiger partial charge in [0.2, 0.25) is 0 Å². The Balaban J connectivity index is 1.56. The lowest BCUT2D eigenvalue weighted by atomic mass is 10.0. The smallest absolute Gasteiger partial charge is 0.378 e. The second kappa shape index (κ2) is 12.8. The number of alkyl halides is 7. The van der Waals surface area contributed by atoms with Crippen molar-refractivity contribution in [3.8, 4) is 11.3 Å². The van der Waals surface area contributed by atoms with E-state index in [1.807, 2.05) is 0 Å². The van der Waals surface area contributed by atoms with Gasteiger partial charge in [0.15, 0.2) is 11.6 Å². The van der Waals surface area contributed by atoms with Crippen molar-refractivity contribution in [2.24, 2.45) is 0 Å². The summed E-state index contributed by atoms with van der Waals surface area (Å²) in [6, 6.07) is 3.27. The minimum Gasteiger partial charge on any atom is -0.378 e. The molecule has 0 spiro atoms. The van der Waals surface area contributed by atoms with Crippen molar-refractivity contribution in [2.45, 2.75) is 44.6 Å². The van der Waals surface area contributed by atoms with Gasteiger partial charge in [0, 0.05) is 36.1 Å². The second-order valence-corrected chi connectivity index (χ2v) is 9.17. The Morgan fingerprint density at radius 2 is 1.77 bits per heavy atom. The van der Waals surface area contributed by atoms with E-state index in [1.165, 1.54) is 12.3 Å². The third-order valence-corrected chi connectivity index (χ3v) is 6.33. The highest BCUT2D eigenvalue weighted by Gasteiger charge is 2.37. The van der Waals surface area contributed by atoms with E-state index < -0.39 is 76.8 Å². The quantitative estimate of drug-likeness (QED) is 0.203. The van der Waals surface area contributed by atoms with Crippen molar-refractivity contribution < 1.29 is 44.3 Å². The Morgan fingerprint density at radius 1 is 1.02 bits per heavy atom. The molecule has 3 aromatic heterocycles. The van der Waals surface area contributed by atoms with Crippen LogP contribution in [0, 0.1) is 11.6 Å². The van der Waals surface area contributed by atoms with Gasteiger partial charge in [0.25, 0.3) is 17.5 Å². The fourth-order valence-electron chi connectivity index (χ4n) is 4.34. The van der Waals surface area contributed by atoms with E-state index in [0.717, 1.165) is 29.0 Å². The maximum atomic E-state index is 15.1. The summed E-state index contributed by atoms with van der Waals surface area (Å²) in [5.41, 5.74) is -5.90. The molecule has 0 aliphatic heterocycles. The molecule has 43 heavy (non-hydrogen) atoms. The molecule has 0 aliphatic rings. The molecule has 0 saturated heterocycles. The topological polar surface area (TPSA) is 102 Å². The number of nitrogens with zero attached hydrogens (tertiary/aromatic N) is 3. The van der Waals surface area contributed by atoms with E-state index in [9.17, 15) is 44.7 Å². The molecule has 4 rings (SSSR count). The van der Waals surface area contributed by atoms with Crippen molar-refractivity contribution in [1.29, 1.82) is 0 Å². The van der Waals surface area contributed by atoms with Gasteiger partial charge in [-0.3, -0.25) is 14.6 Å². The zero-order valence-electron chi connectivity index (χ0n) is 21.6. The molecule has 0 aliphatic carbocycles. The summed E-state index contributed by atoms with van der Waals surface area (Å²) in [4.78, 5) is 28.4. The third-order valence-electron chi connectivity index (χ3n) is 6.33. The summed E-state index contributed by atoms with van der Waals surface area (Å²) in [5.74, 6) is -2.96. The number of ether oxygens (including phenoxy) is 1. The van der Waals surface area contributed by atoms with Gasteiger partial charge in [-0.25, -0.2) is 22.7 Å². The summed E-state index contributed by atoms with van der Waals surface area (Å²) in [6.07, 6.45) is -5.44. The summed E-state index contributed by atoms with van der Waals surface area (Å²) in [6.45, 7) is -4.24. The number of hydrogen-bond acceptors (Lipinski definition) is 6. The van der Waals surface area contributed by atoms with Gasteiger partial charge in [-0.15, -0.1) is 0 Å². The Bertz CT molecular complexity index is 1710. The number of pyridine rings is 2. The number of benzene rings is 1.